The first-order chi connectivity index (χ1) is 11.2. The number of hydrogen-bond donors (Lipinski definition) is 1. The molecule has 0 aromatic carbocycles. The number of halogens is 3. The number of carboxylic acids is 1. The van der Waals surface area contributed by atoms with Crippen molar-refractivity contribution in [3.63, 3.8) is 0 Å². The number of aromatic nitrogens is 2. The summed E-state index contributed by atoms with van der Waals surface area (Å²) in [5.74, 6) is -3.72. The van der Waals surface area contributed by atoms with Crippen LogP contribution in [0.3, 0.4) is 0 Å². The summed E-state index contributed by atoms with van der Waals surface area (Å²) in [6.07, 6.45) is -4.28. The van der Waals surface area contributed by atoms with Crippen molar-refractivity contribution < 1.29 is 37.0 Å². The maximum atomic E-state index is 12.7. The van der Waals surface area contributed by atoms with Crippen molar-refractivity contribution in [1.29, 1.82) is 0 Å². The van der Waals surface area contributed by atoms with Gasteiger partial charge in [-0.2, -0.15) is 13.2 Å². The summed E-state index contributed by atoms with van der Waals surface area (Å²) in [6.45, 7) is 0.851. The predicted octanol–water partition coefficient (Wildman–Crippen LogP) is 2.38. The van der Waals surface area contributed by atoms with Crippen molar-refractivity contribution in [2.45, 2.75) is 26.1 Å². The Bertz CT molecular complexity index is 770. The third-order valence-electron chi connectivity index (χ3n) is 2.82. The molecule has 0 aliphatic rings. The van der Waals surface area contributed by atoms with Gasteiger partial charge in [-0.1, -0.05) is 0 Å². The molecule has 0 spiro atoms. The number of carboxylic acid groups (broad SMARTS) is 1. The molecule has 0 aliphatic carbocycles. The quantitative estimate of drug-likeness (QED) is 0.831. The molecule has 0 aliphatic heterocycles. The largest absolute Gasteiger partial charge is 0.478 e. The lowest BCUT2D eigenvalue weighted by Crippen LogP contribution is -2.14. The molecule has 0 amide bonds. The van der Waals surface area contributed by atoms with Gasteiger partial charge in [-0.15, -0.1) is 0 Å². The van der Waals surface area contributed by atoms with Crippen molar-refractivity contribution in [3.05, 3.63) is 46.9 Å². The third kappa shape index (κ3) is 4.31. The maximum Gasteiger partial charge on any atom is 0.451 e. The molecule has 128 valence electrons. The van der Waals surface area contributed by atoms with Crippen LogP contribution in [0.2, 0.25) is 0 Å². The number of nitrogens with zero attached hydrogens (tertiary/aromatic N) is 2. The third-order valence-corrected chi connectivity index (χ3v) is 2.82. The highest BCUT2D eigenvalue weighted by Crippen LogP contribution is 2.32. The minimum atomic E-state index is -4.77. The summed E-state index contributed by atoms with van der Waals surface area (Å²) in [7, 11) is 0. The molecule has 2 heterocycles. The van der Waals surface area contributed by atoms with E-state index in [1.165, 1.54) is 25.3 Å². The fraction of sp³-hybridized carbons (Fsp3) is 0.286. The highest BCUT2D eigenvalue weighted by atomic mass is 19.4. The molecule has 0 saturated heterocycles. The van der Waals surface area contributed by atoms with Crippen LogP contribution in [-0.2, 0) is 28.7 Å². The monoisotopic (exact) mass is 344 g/mol. The van der Waals surface area contributed by atoms with Crippen LogP contribution in [0, 0.1) is 6.92 Å². The van der Waals surface area contributed by atoms with E-state index in [-0.39, 0.29) is 23.8 Å². The lowest BCUT2D eigenvalue weighted by molar-refractivity contribution is -0.154. The van der Waals surface area contributed by atoms with Gasteiger partial charge in [0, 0.05) is 13.1 Å². The van der Waals surface area contributed by atoms with Crippen molar-refractivity contribution in [2.24, 2.45) is 0 Å². The van der Waals surface area contributed by atoms with Gasteiger partial charge in [-0.3, -0.25) is 9.78 Å². The molecule has 1 N–H and O–H groups in total. The molecule has 0 saturated carbocycles. The molecule has 0 bridgehead atoms. The van der Waals surface area contributed by atoms with E-state index in [2.05, 4.69) is 14.4 Å². The summed E-state index contributed by atoms with van der Waals surface area (Å²) in [4.78, 5) is 29.8. The minimum Gasteiger partial charge on any atom is -0.478 e. The number of alkyl halides is 3. The Balaban J connectivity index is 2.02. The molecule has 10 heteroatoms. The summed E-state index contributed by atoms with van der Waals surface area (Å²) < 4.78 is 47.5. The van der Waals surface area contributed by atoms with Gasteiger partial charge in [0.05, 0.1) is 17.7 Å². The van der Waals surface area contributed by atoms with Gasteiger partial charge in [0.25, 0.3) is 0 Å². The number of carbonyl (C=O) groups is 2. The molecule has 0 unspecified atom stereocenters. The maximum absolute atomic E-state index is 12.7. The second-order valence-corrected chi connectivity index (χ2v) is 4.68. The average molecular weight is 344 g/mol. The summed E-state index contributed by atoms with van der Waals surface area (Å²) in [6, 6.07) is 2.44. The number of aromatic carboxylic acids is 1. The van der Waals surface area contributed by atoms with Gasteiger partial charge < -0.3 is 14.3 Å². The lowest BCUT2D eigenvalue weighted by atomic mass is 10.2. The minimum absolute atomic E-state index is 0.0532. The highest BCUT2D eigenvalue weighted by Gasteiger charge is 2.39. The first-order valence-corrected chi connectivity index (χ1v) is 6.54. The second-order valence-electron chi connectivity index (χ2n) is 4.68. The van der Waals surface area contributed by atoms with Crippen LogP contribution in [0.5, 0.6) is 0 Å². The molecule has 2 aromatic rings. The summed E-state index contributed by atoms with van der Waals surface area (Å²) in [5, 5.41) is 8.83. The smallest absolute Gasteiger partial charge is 0.451 e. The van der Waals surface area contributed by atoms with Crippen LogP contribution in [0.25, 0.3) is 0 Å². The average Bonchev–Trinajstić information content (AvgIpc) is 2.86. The van der Waals surface area contributed by atoms with Crippen LogP contribution in [0.4, 0.5) is 13.2 Å². The van der Waals surface area contributed by atoms with E-state index in [0.29, 0.717) is 0 Å². The number of esters is 1. The molecule has 24 heavy (non-hydrogen) atoms. The molecule has 2 rings (SSSR count). The number of hydrogen-bond acceptors (Lipinski definition) is 6. The van der Waals surface area contributed by atoms with Gasteiger partial charge >= 0.3 is 18.1 Å². The number of ether oxygens (including phenoxy) is 1. The summed E-state index contributed by atoms with van der Waals surface area (Å²) in [5.41, 5.74) is -0.476. The number of pyridine rings is 1. The van der Waals surface area contributed by atoms with Crippen LogP contribution >= 0.6 is 0 Å². The van der Waals surface area contributed by atoms with Crippen LogP contribution < -0.4 is 0 Å². The molecule has 0 fully saturated rings. The molecule has 0 radical (unpaired) electrons. The fourth-order valence-corrected chi connectivity index (χ4v) is 1.84. The Hall–Kier alpha value is -2.91. The molecule has 2 aromatic heterocycles. The normalized spacial score (nSPS) is 11.3. The zero-order chi connectivity index (χ0) is 17.9. The first kappa shape index (κ1) is 17.4. The second kappa shape index (κ2) is 6.69. The number of carbonyl (C=O) groups excluding carboxylic acids is 1. The number of aryl methyl sites for hydroxylation is 1. The van der Waals surface area contributed by atoms with E-state index in [4.69, 9.17) is 9.84 Å². The van der Waals surface area contributed by atoms with Crippen molar-refractivity contribution in [2.75, 3.05) is 0 Å². The van der Waals surface area contributed by atoms with Crippen LogP contribution in [0.1, 0.15) is 33.4 Å². The molecule has 0 atom stereocenters. The predicted molar refractivity (Wildman–Crippen MR) is 70.9 cm³/mol. The van der Waals surface area contributed by atoms with Gasteiger partial charge in [-0.25, -0.2) is 9.78 Å². The molecular formula is C14H11F3N2O5. The highest BCUT2D eigenvalue weighted by molar-refractivity contribution is 5.87. The Kier molecular flexibility index (Phi) is 4.86. The van der Waals surface area contributed by atoms with Crippen LogP contribution in [-0.4, -0.2) is 27.0 Å². The van der Waals surface area contributed by atoms with E-state index in [1.807, 2.05) is 0 Å². The topological polar surface area (TPSA) is 103 Å². The van der Waals surface area contributed by atoms with Gasteiger partial charge in [0.15, 0.2) is 5.89 Å². The van der Waals surface area contributed by atoms with Crippen molar-refractivity contribution in [1.82, 2.24) is 9.97 Å². The van der Waals surface area contributed by atoms with Crippen molar-refractivity contribution >= 4 is 11.9 Å². The zero-order valence-corrected chi connectivity index (χ0v) is 12.3. The lowest BCUT2D eigenvalue weighted by Gasteiger charge is -2.06. The number of oxazole rings is 1. The van der Waals surface area contributed by atoms with E-state index in [1.54, 1.807) is 0 Å². The Labute approximate surface area is 133 Å². The van der Waals surface area contributed by atoms with Gasteiger partial charge in [0.1, 0.15) is 12.3 Å². The van der Waals surface area contributed by atoms with Crippen LogP contribution in [0.15, 0.2) is 22.7 Å². The fourth-order valence-electron chi connectivity index (χ4n) is 1.84. The zero-order valence-electron chi connectivity index (χ0n) is 12.3. The Morgan fingerprint density at radius 2 is 2.08 bits per heavy atom. The molecular weight excluding hydrogens is 333 g/mol. The Morgan fingerprint density at radius 3 is 2.71 bits per heavy atom. The number of rotatable bonds is 5. The Morgan fingerprint density at radius 1 is 1.38 bits per heavy atom. The first-order valence-electron chi connectivity index (χ1n) is 6.54. The van der Waals surface area contributed by atoms with Gasteiger partial charge in [0.2, 0.25) is 5.76 Å². The van der Waals surface area contributed by atoms with Gasteiger partial charge in [-0.05, 0) is 12.1 Å². The SMILES string of the molecule is Cc1nc(CC(=O)OCc2cc(C(=O)O)ccn2)c(C(F)(F)F)o1. The molecule has 7 nitrogen and oxygen atoms in total. The van der Waals surface area contributed by atoms with E-state index < -0.39 is 36.0 Å². The van der Waals surface area contributed by atoms with E-state index >= 15 is 0 Å². The standard InChI is InChI=1S/C14H11F3N2O5/c1-7-19-10(12(24-7)14(15,16)17)5-11(20)23-6-9-4-8(13(21)22)2-3-18-9/h2-4H,5-6H2,1H3,(H,21,22). The van der Waals surface area contributed by atoms with Crippen molar-refractivity contribution in [3.8, 4) is 0 Å². The van der Waals surface area contributed by atoms with E-state index in [9.17, 15) is 22.8 Å². The van der Waals surface area contributed by atoms with E-state index in [0.717, 1.165) is 0 Å². The summed E-state index contributed by atoms with van der Waals surface area (Å²) >= 11 is 0.